The van der Waals surface area contributed by atoms with Crippen LogP contribution in [0.15, 0.2) is 47.4 Å². The van der Waals surface area contributed by atoms with Gasteiger partial charge < -0.3 is 5.73 Å². The zero-order valence-electron chi connectivity index (χ0n) is 7.94. The van der Waals surface area contributed by atoms with Crippen molar-refractivity contribution >= 4 is 29.9 Å². The van der Waals surface area contributed by atoms with Crippen LogP contribution in [0.5, 0.6) is 0 Å². The lowest BCUT2D eigenvalue weighted by atomic mass is 10.0. The maximum absolute atomic E-state index is 5.94. The van der Waals surface area contributed by atoms with Gasteiger partial charge in [-0.05, 0) is 29.8 Å². The second-order valence-corrected chi connectivity index (χ2v) is 4.17. The highest BCUT2D eigenvalue weighted by Gasteiger charge is 2.05. The first-order chi connectivity index (χ1) is 7.18. The molecule has 76 valence electrons. The molecule has 1 nitrogen and oxygen atoms in total. The van der Waals surface area contributed by atoms with E-state index in [2.05, 4.69) is 12.6 Å². The Balaban J connectivity index is 2.64. The fraction of sp³-hybridized carbons (Fsp3) is 0. The van der Waals surface area contributed by atoms with Crippen LogP contribution in [0.2, 0.25) is 5.02 Å². The average molecular weight is 236 g/mol. The Morgan fingerprint density at radius 2 is 1.73 bits per heavy atom. The van der Waals surface area contributed by atoms with E-state index in [-0.39, 0.29) is 0 Å². The zero-order valence-corrected chi connectivity index (χ0v) is 9.59. The summed E-state index contributed by atoms with van der Waals surface area (Å²) < 4.78 is 0. The minimum absolute atomic E-state index is 0.686. The fourth-order valence-electron chi connectivity index (χ4n) is 1.47. The summed E-state index contributed by atoms with van der Waals surface area (Å²) in [4.78, 5) is 0.873. The number of thiol groups is 1. The van der Waals surface area contributed by atoms with Gasteiger partial charge in [0.2, 0.25) is 0 Å². The molecule has 0 atom stereocenters. The van der Waals surface area contributed by atoms with Crippen LogP contribution in [0.4, 0.5) is 5.69 Å². The summed E-state index contributed by atoms with van der Waals surface area (Å²) >= 11 is 10.3. The zero-order chi connectivity index (χ0) is 10.8. The van der Waals surface area contributed by atoms with Crippen LogP contribution in [0.3, 0.4) is 0 Å². The molecule has 0 heterocycles. The first-order valence-corrected chi connectivity index (χ1v) is 5.34. The van der Waals surface area contributed by atoms with Crippen LogP contribution in [0, 0.1) is 0 Å². The topological polar surface area (TPSA) is 26.0 Å². The van der Waals surface area contributed by atoms with Crippen LogP contribution < -0.4 is 5.73 Å². The lowest BCUT2D eigenvalue weighted by Gasteiger charge is -2.08. The summed E-state index contributed by atoms with van der Waals surface area (Å²) in [5, 5.41) is 0.686. The highest BCUT2D eigenvalue weighted by molar-refractivity contribution is 7.80. The number of nitrogens with two attached hydrogens (primary N) is 1. The molecule has 0 saturated carbocycles. The monoisotopic (exact) mass is 235 g/mol. The molecule has 2 aromatic rings. The molecule has 0 aliphatic rings. The van der Waals surface area contributed by atoms with Gasteiger partial charge in [-0.25, -0.2) is 0 Å². The molecule has 0 spiro atoms. The molecule has 0 unspecified atom stereocenters. The number of hydrogen-bond donors (Lipinski definition) is 2. The fourth-order valence-corrected chi connectivity index (χ4v) is 1.90. The molecule has 2 aromatic carbocycles. The van der Waals surface area contributed by atoms with Crippen molar-refractivity contribution in [2.45, 2.75) is 4.90 Å². The van der Waals surface area contributed by atoms with Gasteiger partial charge >= 0.3 is 0 Å². The van der Waals surface area contributed by atoms with Gasteiger partial charge in [0.25, 0.3) is 0 Å². The van der Waals surface area contributed by atoms with Crippen molar-refractivity contribution in [1.29, 1.82) is 0 Å². The van der Waals surface area contributed by atoms with Crippen LogP contribution in [0.1, 0.15) is 0 Å². The van der Waals surface area contributed by atoms with E-state index in [1.807, 2.05) is 42.5 Å². The predicted octanol–water partition coefficient (Wildman–Crippen LogP) is 3.88. The largest absolute Gasteiger partial charge is 0.398 e. The third-order valence-electron chi connectivity index (χ3n) is 2.21. The number of anilines is 1. The minimum Gasteiger partial charge on any atom is -0.398 e. The summed E-state index contributed by atoms with van der Waals surface area (Å²) in [6.45, 7) is 0. The Morgan fingerprint density at radius 3 is 2.47 bits per heavy atom. The van der Waals surface area contributed by atoms with Gasteiger partial charge in [0.15, 0.2) is 0 Å². The summed E-state index contributed by atoms with van der Waals surface area (Å²) in [5.41, 5.74) is 8.55. The van der Waals surface area contributed by atoms with Crippen molar-refractivity contribution in [2.75, 3.05) is 5.73 Å². The van der Waals surface area contributed by atoms with Gasteiger partial charge in [0, 0.05) is 21.2 Å². The first kappa shape index (κ1) is 10.4. The van der Waals surface area contributed by atoms with E-state index >= 15 is 0 Å². The maximum atomic E-state index is 5.94. The molecular formula is C12H10ClNS. The van der Waals surface area contributed by atoms with Crippen LogP contribution in [-0.2, 0) is 0 Å². The molecule has 0 radical (unpaired) electrons. The van der Waals surface area contributed by atoms with Crippen molar-refractivity contribution in [1.82, 2.24) is 0 Å². The molecule has 0 saturated heterocycles. The molecule has 0 aliphatic heterocycles. The van der Waals surface area contributed by atoms with Crippen molar-refractivity contribution < 1.29 is 0 Å². The number of benzene rings is 2. The van der Waals surface area contributed by atoms with E-state index in [1.165, 1.54) is 0 Å². The Morgan fingerprint density at radius 1 is 1.00 bits per heavy atom. The van der Waals surface area contributed by atoms with E-state index in [0.29, 0.717) is 5.02 Å². The quantitative estimate of drug-likeness (QED) is 0.570. The smallest absolute Gasteiger partial charge is 0.0412 e. The third-order valence-corrected chi connectivity index (χ3v) is 2.83. The second kappa shape index (κ2) is 4.17. The van der Waals surface area contributed by atoms with E-state index in [0.717, 1.165) is 21.7 Å². The molecule has 3 heteroatoms. The number of hydrogen-bond acceptors (Lipinski definition) is 2. The molecule has 0 aliphatic carbocycles. The van der Waals surface area contributed by atoms with Crippen molar-refractivity contribution in [3.63, 3.8) is 0 Å². The van der Waals surface area contributed by atoms with Crippen molar-refractivity contribution in [3.8, 4) is 11.1 Å². The minimum atomic E-state index is 0.686. The first-order valence-electron chi connectivity index (χ1n) is 4.52. The highest BCUT2D eigenvalue weighted by Crippen LogP contribution is 2.32. The Kier molecular flexibility index (Phi) is 2.89. The number of halogens is 1. The standard InChI is InChI=1S/C12H10ClNS/c13-8-5-6-12(15)10(7-8)9-3-1-2-4-11(9)14/h1-7,15H,14H2. The lowest BCUT2D eigenvalue weighted by molar-refractivity contribution is 1.46. The molecular weight excluding hydrogens is 226 g/mol. The Bertz CT molecular complexity index is 497. The Labute approximate surface area is 99.3 Å². The number of rotatable bonds is 1. The maximum Gasteiger partial charge on any atom is 0.0412 e. The molecule has 2 N–H and O–H groups in total. The van der Waals surface area contributed by atoms with Gasteiger partial charge in [-0.2, -0.15) is 0 Å². The SMILES string of the molecule is Nc1ccccc1-c1cc(Cl)ccc1S. The molecule has 0 aromatic heterocycles. The van der Waals surface area contributed by atoms with Gasteiger partial charge in [0.1, 0.15) is 0 Å². The van der Waals surface area contributed by atoms with Crippen LogP contribution >= 0.6 is 24.2 Å². The molecule has 0 amide bonds. The van der Waals surface area contributed by atoms with Gasteiger partial charge in [-0.15, -0.1) is 12.6 Å². The molecule has 0 bridgehead atoms. The number of nitrogen functional groups attached to an aromatic ring is 1. The van der Waals surface area contributed by atoms with E-state index in [4.69, 9.17) is 17.3 Å². The van der Waals surface area contributed by atoms with Crippen LogP contribution in [0.25, 0.3) is 11.1 Å². The molecule has 2 rings (SSSR count). The normalized spacial score (nSPS) is 10.3. The number of para-hydroxylation sites is 1. The van der Waals surface area contributed by atoms with E-state index in [1.54, 1.807) is 0 Å². The van der Waals surface area contributed by atoms with Gasteiger partial charge in [0.05, 0.1) is 0 Å². The third kappa shape index (κ3) is 2.11. The van der Waals surface area contributed by atoms with Crippen molar-refractivity contribution in [3.05, 3.63) is 47.5 Å². The van der Waals surface area contributed by atoms with E-state index < -0.39 is 0 Å². The average Bonchev–Trinajstić information content (AvgIpc) is 2.23. The summed E-state index contributed by atoms with van der Waals surface area (Å²) in [6, 6.07) is 13.2. The predicted molar refractivity (Wildman–Crippen MR) is 68.6 cm³/mol. The summed E-state index contributed by atoms with van der Waals surface area (Å²) in [6.07, 6.45) is 0. The Hall–Kier alpha value is -1.12. The van der Waals surface area contributed by atoms with Gasteiger partial charge in [-0.3, -0.25) is 0 Å². The van der Waals surface area contributed by atoms with E-state index in [9.17, 15) is 0 Å². The lowest BCUT2D eigenvalue weighted by Crippen LogP contribution is -1.90. The molecule has 0 fully saturated rings. The second-order valence-electron chi connectivity index (χ2n) is 3.25. The summed E-state index contributed by atoms with van der Waals surface area (Å²) in [5.74, 6) is 0. The molecule has 15 heavy (non-hydrogen) atoms. The summed E-state index contributed by atoms with van der Waals surface area (Å²) in [7, 11) is 0. The van der Waals surface area contributed by atoms with Crippen molar-refractivity contribution in [2.24, 2.45) is 0 Å². The highest BCUT2D eigenvalue weighted by atomic mass is 35.5. The van der Waals surface area contributed by atoms with Crippen LogP contribution in [-0.4, -0.2) is 0 Å². The van der Waals surface area contributed by atoms with Gasteiger partial charge in [-0.1, -0.05) is 29.8 Å².